The van der Waals surface area contributed by atoms with Gasteiger partial charge >= 0.3 is 0 Å². The first-order valence-corrected chi connectivity index (χ1v) is 12.7. The Morgan fingerprint density at radius 3 is 2.31 bits per heavy atom. The first kappa shape index (κ1) is 25.9. The highest BCUT2D eigenvalue weighted by Crippen LogP contribution is 2.35. The molecule has 4 aromatic carbocycles. The lowest BCUT2D eigenvalue weighted by Gasteiger charge is -2.32. The summed E-state index contributed by atoms with van der Waals surface area (Å²) in [4.78, 5) is 29.5. The minimum absolute atomic E-state index is 0.141. The Labute approximate surface area is 227 Å². The molecule has 39 heavy (non-hydrogen) atoms. The summed E-state index contributed by atoms with van der Waals surface area (Å²) >= 11 is 0. The van der Waals surface area contributed by atoms with Crippen molar-refractivity contribution in [3.05, 3.63) is 119 Å². The van der Waals surface area contributed by atoms with E-state index in [0.717, 1.165) is 22.4 Å². The molecule has 2 amide bonds. The van der Waals surface area contributed by atoms with Gasteiger partial charge in [0.15, 0.2) is 11.5 Å². The van der Waals surface area contributed by atoms with Gasteiger partial charge in [-0.3, -0.25) is 9.59 Å². The normalized spacial score (nSPS) is 12.5. The van der Waals surface area contributed by atoms with Crippen molar-refractivity contribution in [3.8, 4) is 17.2 Å². The van der Waals surface area contributed by atoms with Gasteiger partial charge in [0.1, 0.15) is 11.8 Å². The molecule has 7 heteroatoms. The first-order valence-electron chi connectivity index (χ1n) is 12.7. The van der Waals surface area contributed by atoms with Gasteiger partial charge in [0.05, 0.1) is 13.5 Å². The standard InChI is InChI=1S/C32H30N2O5/c1-22-8-12-25(13-9-22)31(32(36)33-26-14-17-28-29(19-26)39-21-38-28)34(20-24-10-15-27(37-2)16-11-24)30(35)18-23-6-4-3-5-7-23/h3-17,19,31H,18,20-21H2,1-2H3,(H,33,36). The van der Waals surface area contributed by atoms with Crippen LogP contribution in [0, 0.1) is 6.92 Å². The largest absolute Gasteiger partial charge is 0.497 e. The van der Waals surface area contributed by atoms with Gasteiger partial charge in [0, 0.05) is 18.3 Å². The average molecular weight is 523 g/mol. The van der Waals surface area contributed by atoms with Crippen LogP contribution < -0.4 is 19.5 Å². The quantitative estimate of drug-likeness (QED) is 0.306. The number of hydrogen-bond acceptors (Lipinski definition) is 5. The van der Waals surface area contributed by atoms with Gasteiger partial charge in [-0.2, -0.15) is 0 Å². The maximum Gasteiger partial charge on any atom is 0.251 e. The van der Waals surface area contributed by atoms with E-state index in [1.807, 2.05) is 85.8 Å². The predicted octanol–water partition coefficient (Wildman–Crippen LogP) is 5.68. The zero-order valence-electron chi connectivity index (χ0n) is 21.9. The van der Waals surface area contributed by atoms with Gasteiger partial charge in [-0.05, 0) is 47.9 Å². The Hall–Kier alpha value is -4.78. The van der Waals surface area contributed by atoms with E-state index < -0.39 is 6.04 Å². The van der Waals surface area contributed by atoms with E-state index in [4.69, 9.17) is 14.2 Å². The number of amides is 2. The molecule has 1 aliphatic rings. The van der Waals surface area contributed by atoms with Crippen LogP contribution in [0.5, 0.6) is 17.2 Å². The minimum Gasteiger partial charge on any atom is -0.497 e. The lowest BCUT2D eigenvalue weighted by Crippen LogP contribution is -2.41. The molecule has 1 N–H and O–H groups in total. The van der Waals surface area contributed by atoms with Crippen molar-refractivity contribution in [2.24, 2.45) is 0 Å². The number of ether oxygens (including phenoxy) is 3. The summed E-state index contributed by atoms with van der Waals surface area (Å²) in [6.45, 7) is 2.37. The maximum absolute atomic E-state index is 14.0. The Morgan fingerprint density at radius 1 is 0.872 bits per heavy atom. The number of methoxy groups -OCH3 is 1. The highest BCUT2D eigenvalue weighted by Gasteiger charge is 2.32. The summed E-state index contributed by atoms with van der Waals surface area (Å²) in [7, 11) is 1.61. The van der Waals surface area contributed by atoms with Crippen LogP contribution >= 0.6 is 0 Å². The summed E-state index contributed by atoms with van der Waals surface area (Å²) in [5.74, 6) is 1.42. The van der Waals surface area contributed by atoms with Crippen LogP contribution in [0.15, 0.2) is 97.1 Å². The highest BCUT2D eigenvalue weighted by atomic mass is 16.7. The van der Waals surface area contributed by atoms with Gasteiger partial charge in [-0.25, -0.2) is 0 Å². The maximum atomic E-state index is 14.0. The molecule has 7 nitrogen and oxygen atoms in total. The van der Waals surface area contributed by atoms with Crippen LogP contribution in [0.1, 0.15) is 28.3 Å². The van der Waals surface area contributed by atoms with Gasteiger partial charge in [-0.15, -0.1) is 0 Å². The number of carbonyl (C=O) groups is 2. The monoisotopic (exact) mass is 522 g/mol. The molecule has 0 aliphatic carbocycles. The minimum atomic E-state index is -0.880. The number of anilines is 1. The van der Waals surface area contributed by atoms with Crippen LogP contribution in [0.25, 0.3) is 0 Å². The Balaban J connectivity index is 1.51. The fraction of sp³-hybridized carbons (Fsp3) is 0.188. The third-order valence-corrected chi connectivity index (χ3v) is 6.62. The average Bonchev–Trinajstić information content (AvgIpc) is 3.42. The lowest BCUT2D eigenvalue weighted by atomic mass is 10.00. The van der Waals surface area contributed by atoms with Crippen LogP contribution in [0.2, 0.25) is 0 Å². The Kier molecular flexibility index (Phi) is 7.78. The van der Waals surface area contributed by atoms with Crippen LogP contribution in [0.4, 0.5) is 5.69 Å². The van der Waals surface area contributed by atoms with Gasteiger partial charge in [-0.1, -0.05) is 72.3 Å². The molecule has 4 aromatic rings. The van der Waals surface area contributed by atoms with Crippen molar-refractivity contribution in [3.63, 3.8) is 0 Å². The summed E-state index contributed by atoms with van der Waals surface area (Å²) in [6, 6.07) is 29.1. The SMILES string of the molecule is COc1ccc(CN(C(=O)Cc2ccccc2)C(C(=O)Nc2ccc3c(c2)OCO3)c2ccc(C)cc2)cc1. The fourth-order valence-corrected chi connectivity index (χ4v) is 4.53. The van der Waals surface area contributed by atoms with Crippen LogP contribution in [-0.4, -0.2) is 30.6 Å². The van der Waals surface area contributed by atoms with Crippen molar-refractivity contribution in [2.75, 3.05) is 19.2 Å². The third-order valence-electron chi connectivity index (χ3n) is 6.62. The number of aryl methyl sites for hydroxylation is 1. The summed E-state index contributed by atoms with van der Waals surface area (Å²) < 4.78 is 16.2. The molecule has 0 radical (unpaired) electrons. The number of rotatable bonds is 9. The lowest BCUT2D eigenvalue weighted by molar-refractivity contribution is -0.139. The second-order valence-electron chi connectivity index (χ2n) is 9.40. The molecule has 1 atom stereocenters. The molecule has 0 bridgehead atoms. The highest BCUT2D eigenvalue weighted by molar-refractivity contribution is 5.98. The molecular formula is C32H30N2O5. The number of carbonyl (C=O) groups excluding carboxylic acids is 2. The van der Waals surface area contributed by atoms with Crippen LogP contribution in [0.3, 0.4) is 0 Å². The topological polar surface area (TPSA) is 77.1 Å². The second-order valence-corrected chi connectivity index (χ2v) is 9.40. The number of benzene rings is 4. The van der Waals surface area contributed by atoms with E-state index in [2.05, 4.69) is 5.32 Å². The first-order chi connectivity index (χ1) is 19.0. The number of fused-ring (bicyclic) bond motifs is 1. The van der Waals surface area contributed by atoms with E-state index in [1.54, 1.807) is 30.2 Å². The van der Waals surface area contributed by atoms with Gasteiger partial charge < -0.3 is 24.4 Å². The summed E-state index contributed by atoms with van der Waals surface area (Å²) in [6.07, 6.45) is 0.163. The van der Waals surface area contributed by atoms with E-state index >= 15 is 0 Å². The third kappa shape index (κ3) is 6.21. The van der Waals surface area contributed by atoms with Gasteiger partial charge in [0.25, 0.3) is 5.91 Å². The Bertz CT molecular complexity index is 1440. The predicted molar refractivity (Wildman–Crippen MR) is 149 cm³/mol. The number of nitrogens with one attached hydrogen (secondary N) is 1. The van der Waals surface area contributed by atoms with E-state index in [-0.39, 0.29) is 31.6 Å². The van der Waals surface area contributed by atoms with E-state index in [0.29, 0.717) is 22.7 Å². The van der Waals surface area contributed by atoms with Crippen molar-refractivity contribution in [2.45, 2.75) is 25.9 Å². The molecule has 5 rings (SSSR count). The smallest absolute Gasteiger partial charge is 0.251 e. The summed E-state index contributed by atoms with van der Waals surface area (Å²) in [5.41, 5.74) is 4.09. The molecule has 1 unspecified atom stereocenters. The zero-order valence-corrected chi connectivity index (χ0v) is 21.9. The molecule has 0 saturated carbocycles. The van der Waals surface area contributed by atoms with Crippen LogP contribution in [-0.2, 0) is 22.6 Å². The number of nitrogens with zero attached hydrogens (tertiary/aromatic N) is 1. The van der Waals surface area contributed by atoms with Crippen molar-refractivity contribution < 1.29 is 23.8 Å². The second kappa shape index (κ2) is 11.7. The molecule has 0 spiro atoms. The Morgan fingerprint density at radius 2 is 1.59 bits per heavy atom. The molecular weight excluding hydrogens is 492 g/mol. The number of hydrogen-bond donors (Lipinski definition) is 1. The summed E-state index contributed by atoms with van der Waals surface area (Å²) in [5, 5.41) is 3.00. The zero-order chi connectivity index (χ0) is 27.2. The fourth-order valence-electron chi connectivity index (χ4n) is 4.53. The van der Waals surface area contributed by atoms with Gasteiger partial charge in [0.2, 0.25) is 12.7 Å². The molecule has 0 fully saturated rings. The molecule has 198 valence electrons. The molecule has 1 heterocycles. The van der Waals surface area contributed by atoms with E-state index in [1.165, 1.54) is 0 Å². The van der Waals surface area contributed by atoms with Crippen molar-refractivity contribution in [1.29, 1.82) is 0 Å². The molecule has 0 aromatic heterocycles. The molecule has 0 saturated heterocycles. The van der Waals surface area contributed by atoms with E-state index in [9.17, 15) is 9.59 Å². The van der Waals surface area contributed by atoms with Crippen molar-refractivity contribution in [1.82, 2.24) is 4.90 Å². The van der Waals surface area contributed by atoms with Crippen molar-refractivity contribution >= 4 is 17.5 Å². The molecule has 1 aliphatic heterocycles.